The summed E-state index contributed by atoms with van der Waals surface area (Å²) in [6.45, 7) is 6.24. The van der Waals surface area contributed by atoms with Gasteiger partial charge in [0.25, 0.3) is 10.0 Å². The molecule has 8 heteroatoms. The standard InChI is InChI=1S/C21H25N3O4S/c1-13-9-15-16(10-21(2,3)11-17(15)28-13)22-19(25)12-24(4)20-14-7-5-6-8-18(14)29(26,27)23-20/h5-9,16H,10-12H2,1-4H3,(H,22,25). The molecule has 0 spiro atoms. The first-order valence-electron chi connectivity index (χ1n) is 9.60. The number of nitrogens with one attached hydrogen (secondary N) is 1. The van der Waals surface area contributed by atoms with E-state index in [1.165, 1.54) is 6.07 Å². The number of aryl methyl sites for hydroxylation is 1. The Morgan fingerprint density at radius 3 is 2.83 bits per heavy atom. The van der Waals surface area contributed by atoms with Crippen molar-refractivity contribution >= 4 is 21.8 Å². The maximum absolute atomic E-state index is 12.8. The molecule has 7 nitrogen and oxygen atoms in total. The average molecular weight is 416 g/mol. The first-order valence-corrected chi connectivity index (χ1v) is 11.0. The Morgan fingerprint density at radius 2 is 2.07 bits per heavy atom. The minimum atomic E-state index is -3.71. The van der Waals surface area contributed by atoms with Crippen LogP contribution in [0.5, 0.6) is 0 Å². The number of carbonyl (C=O) groups excluding carboxylic acids is 1. The Bertz CT molecular complexity index is 1110. The molecule has 1 aromatic heterocycles. The summed E-state index contributed by atoms with van der Waals surface area (Å²) < 4.78 is 34.2. The van der Waals surface area contributed by atoms with E-state index < -0.39 is 10.0 Å². The van der Waals surface area contributed by atoms with Crippen molar-refractivity contribution in [3.05, 3.63) is 53.0 Å². The van der Waals surface area contributed by atoms with E-state index in [-0.39, 0.29) is 28.8 Å². The number of carbonyl (C=O) groups is 1. The lowest BCUT2D eigenvalue weighted by Gasteiger charge is -2.35. The van der Waals surface area contributed by atoms with E-state index in [1.54, 1.807) is 30.1 Å². The van der Waals surface area contributed by atoms with Gasteiger partial charge in [0.2, 0.25) is 5.91 Å². The zero-order valence-corrected chi connectivity index (χ0v) is 17.8. The van der Waals surface area contributed by atoms with Gasteiger partial charge in [-0.1, -0.05) is 26.0 Å². The maximum atomic E-state index is 12.8. The summed E-state index contributed by atoms with van der Waals surface area (Å²) in [5, 5.41) is 3.10. The minimum absolute atomic E-state index is 0.00574. The highest BCUT2D eigenvalue weighted by molar-refractivity contribution is 7.90. The highest BCUT2D eigenvalue weighted by Crippen LogP contribution is 2.42. The fourth-order valence-corrected chi connectivity index (χ4v) is 5.46. The maximum Gasteiger partial charge on any atom is 0.285 e. The number of furan rings is 1. The predicted molar refractivity (Wildman–Crippen MR) is 109 cm³/mol. The zero-order chi connectivity index (χ0) is 21.0. The van der Waals surface area contributed by atoms with E-state index in [4.69, 9.17) is 4.42 Å². The number of sulfonamides is 1. The van der Waals surface area contributed by atoms with Gasteiger partial charge in [-0.05, 0) is 37.0 Å². The van der Waals surface area contributed by atoms with Crippen LogP contribution in [0.1, 0.15) is 49.0 Å². The molecule has 0 bridgehead atoms. The number of benzene rings is 1. The number of hydrogen-bond acceptors (Lipinski definition) is 5. The summed E-state index contributed by atoms with van der Waals surface area (Å²) >= 11 is 0. The molecule has 1 atom stereocenters. The van der Waals surface area contributed by atoms with Crippen molar-refractivity contribution in [3.63, 3.8) is 0 Å². The summed E-state index contributed by atoms with van der Waals surface area (Å²) in [7, 11) is -2.04. The van der Waals surface area contributed by atoms with Crippen molar-refractivity contribution in [1.29, 1.82) is 0 Å². The third-order valence-electron chi connectivity index (χ3n) is 5.43. The highest BCUT2D eigenvalue weighted by Gasteiger charge is 2.36. The second-order valence-electron chi connectivity index (χ2n) is 8.64. The van der Waals surface area contributed by atoms with Crippen LogP contribution in [-0.2, 0) is 21.2 Å². The Balaban J connectivity index is 1.51. The van der Waals surface area contributed by atoms with Gasteiger partial charge >= 0.3 is 0 Å². The fraction of sp³-hybridized carbons (Fsp3) is 0.429. The summed E-state index contributed by atoms with van der Waals surface area (Å²) in [5.74, 6) is 1.87. The van der Waals surface area contributed by atoms with Gasteiger partial charge < -0.3 is 14.6 Å². The van der Waals surface area contributed by atoms with E-state index >= 15 is 0 Å². The van der Waals surface area contributed by atoms with Crippen molar-refractivity contribution in [3.8, 4) is 0 Å². The first kappa shape index (κ1) is 19.7. The summed E-state index contributed by atoms with van der Waals surface area (Å²) in [5.41, 5.74) is 1.57. The average Bonchev–Trinajstić information content (AvgIpc) is 3.11. The zero-order valence-electron chi connectivity index (χ0n) is 17.0. The number of hydrogen-bond donors (Lipinski definition) is 1. The lowest BCUT2D eigenvalue weighted by atomic mass is 9.74. The Kier molecular flexibility index (Phi) is 4.57. The lowest BCUT2D eigenvalue weighted by molar-refractivity contribution is -0.122. The van der Waals surface area contributed by atoms with Crippen LogP contribution in [0, 0.1) is 12.3 Å². The van der Waals surface area contributed by atoms with Crippen molar-refractivity contribution in [2.75, 3.05) is 13.6 Å². The second-order valence-corrected chi connectivity index (χ2v) is 10.2. The van der Waals surface area contributed by atoms with Gasteiger partial charge in [0.15, 0.2) is 5.84 Å². The van der Waals surface area contributed by atoms with Crippen LogP contribution in [0.3, 0.4) is 0 Å². The number of amides is 1. The molecule has 1 unspecified atom stereocenters. The van der Waals surface area contributed by atoms with Gasteiger partial charge in [-0.2, -0.15) is 8.42 Å². The largest absolute Gasteiger partial charge is 0.466 e. The van der Waals surface area contributed by atoms with E-state index in [9.17, 15) is 13.2 Å². The molecular weight excluding hydrogens is 390 g/mol. The molecule has 0 saturated carbocycles. The Hall–Kier alpha value is -2.61. The summed E-state index contributed by atoms with van der Waals surface area (Å²) in [6, 6.07) is 8.52. The summed E-state index contributed by atoms with van der Waals surface area (Å²) in [6.07, 6.45) is 1.65. The van der Waals surface area contributed by atoms with Crippen LogP contribution in [0.2, 0.25) is 0 Å². The van der Waals surface area contributed by atoms with E-state index in [2.05, 4.69) is 23.6 Å². The molecule has 2 aliphatic rings. The number of amidine groups is 1. The minimum Gasteiger partial charge on any atom is -0.466 e. The first-order chi connectivity index (χ1) is 13.6. The molecular formula is C21H25N3O4S. The molecule has 154 valence electrons. The molecule has 0 radical (unpaired) electrons. The molecule has 1 aromatic carbocycles. The lowest BCUT2D eigenvalue weighted by Crippen LogP contribution is -2.42. The van der Waals surface area contributed by atoms with Crippen molar-refractivity contribution in [2.45, 2.75) is 44.6 Å². The van der Waals surface area contributed by atoms with Crippen LogP contribution in [0.15, 0.2) is 44.0 Å². The Morgan fingerprint density at radius 1 is 1.34 bits per heavy atom. The van der Waals surface area contributed by atoms with Crippen LogP contribution >= 0.6 is 0 Å². The molecule has 29 heavy (non-hydrogen) atoms. The van der Waals surface area contributed by atoms with Crippen LogP contribution in [-0.4, -0.2) is 38.7 Å². The molecule has 1 amide bonds. The fourth-order valence-electron chi connectivity index (χ4n) is 4.21. The number of nitrogens with zero attached hydrogens (tertiary/aromatic N) is 2. The highest BCUT2D eigenvalue weighted by atomic mass is 32.2. The molecule has 2 aromatic rings. The SMILES string of the molecule is Cc1cc2c(o1)CC(C)(C)CC2NC(=O)CN(C)C1=NS(=O)(=O)c2ccccc21. The second kappa shape index (κ2) is 6.73. The van der Waals surface area contributed by atoms with E-state index in [0.717, 1.165) is 29.9 Å². The number of fused-ring (bicyclic) bond motifs is 2. The number of likely N-dealkylation sites (N-methyl/N-ethyl adjacent to an activating group) is 1. The third kappa shape index (κ3) is 3.69. The molecule has 1 aliphatic carbocycles. The van der Waals surface area contributed by atoms with Crippen molar-refractivity contribution in [1.82, 2.24) is 10.2 Å². The monoisotopic (exact) mass is 415 g/mol. The number of rotatable bonds is 3. The predicted octanol–water partition coefficient (Wildman–Crippen LogP) is 2.80. The van der Waals surface area contributed by atoms with Gasteiger partial charge in [-0.3, -0.25) is 4.79 Å². The van der Waals surface area contributed by atoms with Gasteiger partial charge in [0, 0.05) is 24.6 Å². The Labute approximate surface area is 170 Å². The molecule has 0 fully saturated rings. The normalized spacial score (nSPS) is 21.1. The molecule has 4 rings (SSSR count). The van der Waals surface area contributed by atoms with Gasteiger partial charge in [-0.25, -0.2) is 0 Å². The van der Waals surface area contributed by atoms with Crippen LogP contribution in [0.4, 0.5) is 0 Å². The van der Waals surface area contributed by atoms with Gasteiger partial charge in [0.05, 0.1) is 12.6 Å². The molecule has 0 saturated heterocycles. The van der Waals surface area contributed by atoms with Crippen molar-refractivity contribution in [2.24, 2.45) is 9.81 Å². The summed E-state index contributed by atoms with van der Waals surface area (Å²) in [4.78, 5) is 14.5. The van der Waals surface area contributed by atoms with Gasteiger partial charge in [-0.15, -0.1) is 4.40 Å². The van der Waals surface area contributed by atoms with Gasteiger partial charge in [0.1, 0.15) is 16.4 Å². The molecule has 1 aliphatic heterocycles. The molecule has 1 N–H and O–H groups in total. The topological polar surface area (TPSA) is 92.0 Å². The molecule has 2 heterocycles. The van der Waals surface area contributed by atoms with E-state index in [1.807, 2.05) is 13.0 Å². The van der Waals surface area contributed by atoms with Crippen LogP contribution < -0.4 is 5.32 Å². The van der Waals surface area contributed by atoms with Crippen molar-refractivity contribution < 1.29 is 17.6 Å². The quantitative estimate of drug-likeness (QED) is 0.832. The third-order valence-corrected chi connectivity index (χ3v) is 6.75. The van der Waals surface area contributed by atoms with E-state index in [0.29, 0.717) is 11.4 Å². The van der Waals surface area contributed by atoms with Crippen LogP contribution in [0.25, 0.3) is 0 Å². The smallest absolute Gasteiger partial charge is 0.285 e.